The lowest BCUT2D eigenvalue weighted by atomic mass is 9.91. The second-order valence-corrected chi connectivity index (χ2v) is 5.92. The van der Waals surface area contributed by atoms with Crippen LogP contribution >= 0.6 is 0 Å². The summed E-state index contributed by atoms with van der Waals surface area (Å²) in [4.78, 5) is 2.47. The molecule has 3 N–H and O–H groups in total. The number of hydrogen-bond acceptors (Lipinski definition) is 3. The number of nitrogens with one attached hydrogen (secondary N) is 1. The van der Waals surface area contributed by atoms with Crippen LogP contribution in [0.15, 0.2) is 0 Å². The lowest BCUT2D eigenvalue weighted by molar-refractivity contribution is 0.357. The molecule has 1 aromatic rings. The van der Waals surface area contributed by atoms with E-state index in [2.05, 4.69) is 10.00 Å². The van der Waals surface area contributed by atoms with Crippen LogP contribution in [0, 0.1) is 18.3 Å². The maximum atomic E-state index is 7.84. The molecule has 0 bridgehead atoms. The summed E-state index contributed by atoms with van der Waals surface area (Å²) in [5.74, 6) is 2.02. The van der Waals surface area contributed by atoms with Gasteiger partial charge in [-0.05, 0) is 38.5 Å². The van der Waals surface area contributed by atoms with E-state index in [-0.39, 0.29) is 5.84 Å². The van der Waals surface area contributed by atoms with E-state index in [0.29, 0.717) is 6.04 Å². The molecule has 0 radical (unpaired) electrons. The number of rotatable bonds is 2. The molecule has 2 aliphatic rings. The van der Waals surface area contributed by atoms with Gasteiger partial charge < -0.3 is 10.6 Å². The van der Waals surface area contributed by atoms with Crippen LogP contribution in [0.3, 0.4) is 0 Å². The smallest absolute Gasteiger partial charge is 0.138 e. The van der Waals surface area contributed by atoms with Gasteiger partial charge in [-0.25, -0.2) is 0 Å². The summed E-state index contributed by atoms with van der Waals surface area (Å²) in [5, 5.41) is 12.3. The van der Waals surface area contributed by atoms with Crippen LogP contribution in [0.4, 0.5) is 5.82 Å². The van der Waals surface area contributed by atoms with Gasteiger partial charge >= 0.3 is 0 Å². The van der Waals surface area contributed by atoms with Gasteiger partial charge in [0.1, 0.15) is 11.7 Å². The first kappa shape index (κ1) is 12.5. The molecule has 2 heterocycles. The van der Waals surface area contributed by atoms with E-state index in [9.17, 15) is 0 Å². The topological polar surface area (TPSA) is 70.9 Å². The molecular weight excluding hydrogens is 238 g/mol. The standard InChI is InChI=1S/C14H23N5/c1-9-12(13(15)16)14(18(2)17-9)19-8-4-6-10-5-3-7-11(10)19/h10-11H,3-8H2,1-2H3,(H3,15,16). The molecule has 3 rings (SSSR count). The highest BCUT2D eigenvalue weighted by atomic mass is 15.4. The van der Waals surface area contributed by atoms with Crippen LogP contribution in [0.25, 0.3) is 0 Å². The van der Waals surface area contributed by atoms with Crippen molar-refractivity contribution in [2.24, 2.45) is 18.7 Å². The Hall–Kier alpha value is -1.52. The second kappa shape index (κ2) is 4.54. The molecule has 1 aromatic heterocycles. The fourth-order valence-corrected chi connectivity index (χ4v) is 4.01. The average Bonchev–Trinajstić information content (AvgIpc) is 2.92. The third-order valence-corrected chi connectivity index (χ3v) is 4.73. The minimum Gasteiger partial charge on any atom is -0.384 e. The molecule has 0 amide bonds. The zero-order valence-corrected chi connectivity index (χ0v) is 11.8. The van der Waals surface area contributed by atoms with Crippen molar-refractivity contribution in [1.29, 1.82) is 5.41 Å². The summed E-state index contributed by atoms with van der Waals surface area (Å²) in [6.07, 6.45) is 6.55. The summed E-state index contributed by atoms with van der Waals surface area (Å²) in [6, 6.07) is 0.627. The van der Waals surface area contributed by atoms with E-state index in [4.69, 9.17) is 11.1 Å². The molecule has 1 aliphatic heterocycles. The highest BCUT2D eigenvalue weighted by molar-refractivity contribution is 6.01. The molecule has 5 nitrogen and oxygen atoms in total. The van der Waals surface area contributed by atoms with Crippen molar-refractivity contribution in [1.82, 2.24) is 9.78 Å². The quantitative estimate of drug-likeness (QED) is 0.629. The summed E-state index contributed by atoms with van der Waals surface area (Å²) < 4.78 is 1.91. The molecule has 0 aromatic carbocycles. The number of amidine groups is 1. The fourth-order valence-electron chi connectivity index (χ4n) is 4.01. The van der Waals surface area contributed by atoms with E-state index in [1.807, 2.05) is 18.7 Å². The molecule has 1 saturated carbocycles. The monoisotopic (exact) mass is 261 g/mol. The Morgan fingerprint density at radius 3 is 2.79 bits per heavy atom. The highest BCUT2D eigenvalue weighted by Gasteiger charge is 2.37. The van der Waals surface area contributed by atoms with Crippen LogP contribution < -0.4 is 10.6 Å². The summed E-state index contributed by atoms with van der Waals surface area (Å²) in [6.45, 7) is 3.01. The molecule has 0 spiro atoms. The van der Waals surface area contributed by atoms with Crippen LogP contribution in [-0.2, 0) is 7.05 Å². The minimum absolute atomic E-state index is 0.140. The molecular formula is C14H23N5. The lowest BCUT2D eigenvalue weighted by Crippen LogP contribution is -2.44. The molecule has 19 heavy (non-hydrogen) atoms. The van der Waals surface area contributed by atoms with Crippen molar-refractivity contribution in [2.45, 2.75) is 45.1 Å². The maximum Gasteiger partial charge on any atom is 0.138 e. The number of hydrogen-bond donors (Lipinski definition) is 2. The van der Waals surface area contributed by atoms with Gasteiger partial charge in [0.25, 0.3) is 0 Å². The van der Waals surface area contributed by atoms with Gasteiger partial charge in [-0.3, -0.25) is 10.1 Å². The van der Waals surface area contributed by atoms with Gasteiger partial charge in [-0.15, -0.1) is 0 Å². The number of aryl methyl sites for hydroxylation is 2. The number of anilines is 1. The first-order valence-corrected chi connectivity index (χ1v) is 7.24. The molecule has 5 heteroatoms. The van der Waals surface area contributed by atoms with E-state index in [1.165, 1.54) is 32.1 Å². The summed E-state index contributed by atoms with van der Waals surface area (Å²) in [5.41, 5.74) is 7.47. The second-order valence-electron chi connectivity index (χ2n) is 5.92. The number of nitrogens with two attached hydrogens (primary N) is 1. The zero-order chi connectivity index (χ0) is 13.6. The molecule has 2 unspecified atom stereocenters. The molecule has 2 atom stereocenters. The first-order chi connectivity index (χ1) is 9.09. The SMILES string of the molecule is Cc1nn(C)c(N2CCCC3CCCC32)c1C(=N)N. The van der Waals surface area contributed by atoms with Crippen LogP contribution in [0.5, 0.6) is 0 Å². The maximum absolute atomic E-state index is 7.84. The first-order valence-electron chi connectivity index (χ1n) is 7.24. The van der Waals surface area contributed by atoms with Crippen molar-refractivity contribution >= 4 is 11.7 Å². The third kappa shape index (κ3) is 1.91. The largest absolute Gasteiger partial charge is 0.384 e. The van der Waals surface area contributed by atoms with Crippen molar-refractivity contribution in [3.8, 4) is 0 Å². The van der Waals surface area contributed by atoms with Gasteiger partial charge in [0.2, 0.25) is 0 Å². The average molecular weight is 261 g/mol. The van der Waals surface area contributed by atoms with E-state index < -0.39 is 0 Å². The number of fused-ring (bicyclic) bond motifs is 1. The Kier molecular flexibility index (Phi) is 2.99. The number of aromatic nitrogens is 2. The fraction of sp³-hybridized carbons (Fsp3) is 0.714. The van der Waals surface area contributed by atoms with E-state index in [1.54, 1.807) is 0 Å². The van der Waals surface area contributed by atoms with Crippen LogP contribution in [-0.4, -0.2) is 28.2 Å². The van der Waals surface area contributed by atoms with Crippen LogP contribution in [0.1, 0.15) is 43.4 Å². The Morgan fingerprint density at radius 2 is 2.05 bits per heavy atom. The Balaban J connectivity index is 2.03. The Morgan fingerprint density at radius 1 is 1.32 bits per heavy atom. The van der Waals surface area contributed by atoms with Crippen molar-refractivity contribution in [3.05, 3.63) is 11.3 Å². The predicted molar refractivity (Wildman–Crippen MR) is 76.7 cm³/mol. The number of piperidine rings is 1. The van der Waals surface area contributed by atoms with E-state index in [0.717, 1.165) is 29.5 Å². The number of nitrogens with zero attached hydrogens (tertiary/aromatic N) is 3. The van der Waals surface area contributed by atoms with Gasteiger partial charge in [-0.2, -0.15) is 5.10 Å². The van der Waals surface area contributed by atoms with Crippen molar-refractivity contribution in [3.63, 3.8) is 0 Å². The van der Waals surface area contributed by atoms with Crippen LogP contribution in [0.2, 0.25) is 0 Å². The third-order valence-electron chi connectivity index (χ3n) is 4.73. The summed E-state index contributed by atoms with van der Waals surface area (Å²) >= 11 is 0. The minimum atomic E-state index is 0.140. The molecule has 104 valence electrons. The lowest BCUT2D eigenvalue weighted by Gasteiger charge is -2.39. The van der Waals surface area contributed by atoms with Gasteiger partial charge in [0, 0.05) is 19.6 Å². The molecule has 2 fully saturated rings. The molecule has 1 aliphatic carbocycles. The predicted octanol–water partition coefficient (Wildman–Crippen LogP) is 1.78. The Labute approximate surface area is 114 Å². The van der Waals surface area contributed by atoms with Gasteiger partial charge in [-0.1, -0.05) is 6.42 Å². The normalized spacial score (nSPS) is 26.5. The Bertz CT molecular complexity index is 504. The summed E-state index contributed by atoms with van der Waals surface area (Å²) in [7, 11) is 1.97. The number of nitrogen functional groups attached to an aromatic ring is 1. The van der Waals surface area contributed by atoms with Crippen molar-refractivity contribution in [2.75, 3.05) is 11.4 Å². The van der Waals surface area contributed by atoms with Gasteiger partial charge in [0.05, 0.1) is 11.3 Å². The van der Waals surface area contributed by atoms with E-state index >= 15 is 0 Å². The molecule has 1 saturated heterocycles. The van der Waals surface area contributed by atoms with Gasteiger partial charge in [0.15, 0.2) is 0 Å². The zero-order valence-electron chi connectivity index (χ0n) is 11.8. The van der Waals surface area contributed by atoms with Crippen molar-refractivity contribution < 1.29 is 0 Å². The highest BCUT2D eigenvalue weighted by Crippen LogP contribution is 2.40.